The van der Waals surface area contributed by atoms with Crippen LogP contribution < -0.4 is 4.90 Å². The number of amides is 1. The van der Waals surface area contributed by atoms with Gasteiger partial charge in [0, 0.05) is 38.1 Å². The second-order valence-corrected chi connectivity index (χ2v) is 7.82. The van der Waals surface area contributed by atoms with E-state index in [0.717, 1.165) is 43.3 Å². The Hall–Kier alpha value is -1.26. The third-order valence-electron chi connectivity index (χ3n) is 6.12. The van der Waals surface area contributed by atoms with Crippen LogP contribution in [-0.2, 0) is 4.79 Å². The van der Waals surface area contributed by atoms with Crippen molar-refractivity contribution in [3.05, 3.63) is 29.3 Å². The van der Waals surface area contributed by atoms with Crippen LogP contribution in [0, 0.1) is 0 Å². The number of hydrogen-bond acceptors (Lipinski definition) is 3. The number of benzene rings is 1. The lowest BCUT2D eigenvalue weighted by atomic mass is 9.89. The van der Waals surface area contributed by atoms with Gasteiger partial charge in [-0.2, -0.15) is 0 Å². The van der Waals surface area contributed by atoms with Gasteiger partial charge in [-0.3, -0.25) is 9.69 Å². The number of hydrogen-bond donors (Lipinski definition) is 0. The Morgan fingerprint density at radius 3 is 2.33 bits per heavy atom. The Kier molecular flexibility index (Phi) is 4.44. The fraction of sp³-hybridized carbons (Fsp3) is 0.632. The van der Waals surface area contributed by atoms with Gasteiger partial charge in [-0.15, -0.1) is 0 Å². The fourth-order valence-electron chi connectivity index (χ4n) is 4.81. The lowest BCUT2D eigenvalue weighted by Crippen LogP contribution is -2.51. The number of carbonyl (C=O) groups excluding carboxylic acids is 1. The first-order valence-corrected chi connectivity index (χ1v) is 9.58. The van der Waals surface area contributed by atoms with Crippen molar-refractivity contribution in [3.8, 4) is 0 Å². The molecule has 3 fully saturated rings. The van der Waals surface area contributed by atoms with Crippen molar-refractivity contribution in [1.82, 2.24) is 9.80 Å². The molecule has 0 N–H and O–H groups in total. The highest BCUT2D eigenvalue weighted by Gasteiger charge is 2.46. The molecule has 0 atom stereocenters. The highest BCUT2D eigenvalue weighted by atomic mass is 35.5. The van der Waals surface area contributed by atoms with Crippen LogP contribution in [0.1, 0.15) is 32.1 Å². The van der Waals surface area contributed by atoms with Crippen LogP contribution >= 0.6 is 11.6 Å². The molecule has 3 aliphatic rings. The number of nitrogens with zero attached hydrogens (tertiary/aromatic N) is 3. The van der Waals surface area contributed by atoms with Crippen LogP contribution in [0.3, 0.4) is 0 Å². The van der Waals surface area contributed by atoms with Crippen LogP contribution in [0.25, 0.3) is 0 Å². The molecule has 0 bridgehead atoms. The quantitative estimate of drug-likeness (QED) is 0.841. The van der Waals surface area contributed by atoms with Gasteiger partial charge in [0.1, 0.15) is 0 Å². The van der Waals surface area contributed by atoms with Gasteiger partial charge in [-0.1, -0.05) is 23.7 Å². The van der Waals surface area contributed by atoms with E-state index < -0.39 is 0 Å². The summed E-state index contributed by atoms with van der Waals surface area (Å²) in [6.07, 6.45) is 5.65. The third-order valence-corrected chi connectivity index (χ3v) is 6.44. The standard InChI is InChI=1S/C19H26ClN3O/c20-16-5-1-2-6-17(16)21-11-13-22(14-12-21)18(24)15-19-7-3-9-23(19)10-4-8-19/h1-2,5-6H,3-4,7-15H2. The average molecular weight is 348 g/mol. The van der Waals surface area contributed by atoms with Gasteiger partial charge >= 0.3 is 0 Å². The molecule has 0 aromatic heterocycles. The normalized spacial score (nSPS) is 23.5. The molecule has 1 aromatic carbocycles. The van der Waals surface area contributed by atoms with E-state index >= 15 is 0 Å². The summed E-state index contributed by atoms with van der Waals surface area (Å²) in [4.78, 5) is 19.8. The highest BCUT2D eigenvalue weighted by Crippen LogP contribution is 2.41. The molecule has 1 aromatic rings. The molecule has 5 heteroatoms. The molecule has 3 aliphatic heterocycles. The Labute approximate surface area is 149 Å². The lowest BCUT2D eigenvalue weighted by Gasteiger charge is -2.39. The average Bonchev–Trinajstić information content (AvgIpc) is 3.15. The predicted octanol–water partition coefficient (Wildman–Crippen LogP) is 3.01. The number of carbonyl (C=O) groups is 1. The maximum Gasteiger partial charge on any atom is 0.224 e. The first-order chi connectivity index (χ1) is 11.7. The number of anilines is 1. The largest absolute Gasteiger partial charge is 0.367 e. The molecule has 0 spiro atoms. The van der Waals surface area contributed by atoms with Gasteiger partial charge in [-0.05, 0) is 50.9 Å². The predicted molar refractivity (Wildman–Crippen MR) is 97.6 cm³/mol. The van der Waals surface area contributed by atoms with Crippen molar-refractivity contribution in [1.29, 1.82) is 0 Å². The van der Waals surface area contributed by atoms with E-state index in [1.807, 2.05) is 18.2 Å². The topological polar surface area (TPSA) is 26.8 Å². The summed E-state index contributed by atoms with van der Waals surface area (Å²) in [7, 11) is 0. The molecule has 4 nitrogen and oxygen atoms in total. The Balaban J connectivity index is 1.36. The zero-order chi connectivity index (χ0) is 16.6. The van der Waals surface area contributed by atoms with Crippen molar-refractivity contribution in [2.75, 3.05) is 44.2 Å². The molecule has 0 unspecified atom stereocenters. The van der Waals surface area contributed by atoms with E-state index in [4.69, 9.17) is 11.6 Å². The minimum atomic E-state index is 0.191. The van der Waals surface area contributed by atoms with Gasteiger partial charge in [-0.25, -0.2) is 0 Å². The second-order valence-electron chi connectivity index (χ2n) is 7.41. The van der Waals surface area contributed by atoms with Crippen LogP contribution in [0.15, 0.2) is 24.3 Å². The molecule has 130 valence electrons. The zero-order valence-electron chi connectivity index (χ0n) is 14.2. The van der Waals surface area contributed by atoms with Gasteiger partial charge < -0.3 is 9.80 Å². The summed E-state index contributed by atoms with van der Waals surface area (Å²) in [5.74, 6) is 0.350. The molecule has 4 rings (SSSR count). The van der Waals surface area contributed by atoms with Crippen LogP contribution in [0.5, 0.6) is 0 Å². The summed E-state index contributed by atoms with van der Waals surface area (Å²) >= 11 is 6.30. The highest BCUT2D eigenvalue weighted by molar-refractivity contribution is 6.33. The molecular formula is C19H26ClN3O. The molecular weight excluding hydrogens is 322 g/mol. The molecule has 1 amide bonds. The van der Waals surface area contributed by atoms with E-state index in [-0.39, 0.29) is 5.54 Å². The summed E-state index contributed by atoms with van der Waals surface area (Å²) < 4.78 is 0. The third kappa shape index (κ3) is 2.91. The van der Waals surface area contributed by atoms with Crippen molar-refractivity contribution < 1.29 is 4.79 Å². The summed E-state index contributed by atoms with van der Waals surface area (Å²) in [6, 6.07) is 7.97. The van der Waals surface area contributed by atoms with Crippen molar-refractivity contribution in [2.45, 2.75) is 37.6 Å². The van der Waals surface area contributed by atoms with Crippen LogP contribution in [-0.4, -0.2) is 60.5 Å². The maximum atomic E-state index is 12.9. The minimum absolute atomic E-state index is 0.191. The van der Waals surface area contributed by atoms with E-state index in [9.17, 15) is 4.79 Å². The second kappa shape index (κ2) is 6.57. The van der Waals surface area contributed by atoms with Crippen molar-refractivity contribution >= 4 is 23.2 Å². The molecule has 24 heavy (non-hydrogen) atoms. The maximum absolute atomic E-state index is 12.9. The van der Waals surface area contributed by atoms with E-state index in [1.54, 1.807) is 0 Å². The molecule has 0 aliphatic carbocycles. The number of para-hydroxylation sites is 1. The molecule has 0 saturated carbocycles. The van der Waals surface area contributed by atoms with Gasteiger partial charge in [0.15, 0.2) is 0 Å². The fourth-order valence-corrected chi connectivity index (χ4v) is 5.07. The smallest absolute Gasteiger partial charge is 0.224 e. The Morgan fingerprint density at radius 1 is 1.00 bits per heavy atom. The van der Waals surface area contributed by atoms with E-state index in [1.165, 1.54) is 38.8 Å². The number of piperazine rings is 1. The first kappa shape index (κ1) is 16.2. The van der Waals surface area contributed by atoms with Crippen LogP contribution in [0.4, 0.5) is 5.69 Å². The minimum Gasteiger partial charge on any atom is -0.367 e. The molecule has 3 saturated heterocycles. The van der Waals surface area contributed by atoms with Crippen LogP contribution in [0.2, 0.25) is 5.02 Å². The zero-order valence-corrected chi connectivity index (χ0v) is 15.0. The van der Waals surface area contributed by atoms with E-state index in [0.29, 0.717) is 5.91 Å². The number of rotatable bonds is 3. The number of halogens is 1. The Morgan fingerprint density at radius 2 is 1.67 bits per heavy atom. The summed E-state index contributed by atoms with van der Waals surface area (Å²) in [6.45, 7) is 5.72. The monoisotopic (exact) mass is 347 g/mol. The van der Waals surface area contributed by atoms with Crippen molar-refractivity contribution in [3.63, 3.8) is 0 Å². The molecule has 3 heterocycles. The first-order valence-electron chi connectivity index (χ1n) is 9.20. The lowest BCUT2D eigenvalue weighted by molar-refractivity contribution is -0.133. The van der Waals surface area contributed by atoms with Gasteiger partial charge in [0.25, 0.3) is 0 Å². The summed E-state index contributed by atoms with van der Waals surface area (Å²) in [5.41, 5.74) is 1.28. The Bertz CT molecular complexity index is 602. The SMILES string of the molecule is O=C(CC12CCCN1CCC2)N1CCN(c2ccccc2Cl)CC1. The van der Waals surface area contributed by atoms with Gasteiger partial charge in [0.05, 0.1) is 10.7 Å². The number of fused-ring (bicyclic) bond motifs is 1. The molecule has 0 radical (unpaired) electrons. The summed E-state index contributed by atoms with van der Waals surface area (Å²) in [5, 5.41) is 0.795. The van der Waals surface area contributed by atoms with Gasteiger partial charge in [0.2, 0.25) is 5.91 Å². The van der Waals surface area contributed by atoms with Crippen molar-refractivity contribution in [2.24, 2.45) is 0 Å². The van der Waals surface area contributed by atoms with E-state index in [2.05, 4.69) is 20.8 Å².